The second-order valence-electron chi connectivity index (χ2n) is 6.44. The first-order chi connectivity index (χ1) is 7.40. The van der Waals surface area contributed by atoms with Crippen molar-refractivity contribution in [1.29, 1.82) is 0 Å². The van der Waals surface area contributed by atoms with Gasteiger partial charge in [0, 0.05) is 11.5 Å². The first-order valence-corrected chi connectivity index (χ1v) is 6.82. The van der Waals surface area contributed by atoms with E-state index in [1.54, 1.807) is 0 Å². The molecule has 2 aliphatic rings. The highest BCUT2D eigenvalue weighted by atomic mass is 16.3. The van der Waals surface area contributed by atoms with Gasteiger partial charge in [0.2, 0.25) is 0 Å². The normalized spacial score (nSPS) is 45.6. The van der Waals surface area contributed by atoms with Crippen molar-refractivity contribution in [2.24, 2.45) is 16.7 Å². The minimum Gasteiger partial charge on any atom is -0.391 e. The lowest BCUT2D eigenvalue weighted by atomic mass is 9.70. The largest absolute Gasteiger partial charge is 0.391 e. The molecule has 0 radical (unpaired) electrons. The van der Waals surface area contributed by atoms with Gasteiger partial charge in [0.1, 0.15) is 0 Å². The first-order valence-electron chi connectivity index (χ1n) is 6.82. The van der Waals surface area contributed by atoms with E-state index >= 15 is 0 Å². The molecule has 16 heavy (non-hydrogen) atoms. The molecule has 1 N–H and O–H groups in total. The van der Waals surface area contributed by atoms with E-state index in [2.05, 4.69) is 39.5 Å². The molecule has 0 heterocycles. The monoisotopic (exact) mass is 225 g/mol. The molecule has 0 saturated heterocycles. The number of nitrogens with zero attached hydrogens (tertiary/aromatic N) is 1. The molecule has 0 spiro atoms. The summed E-state index contributed by atoms with van der Waals surface area (Å²) in [6, 6.07) is 0.392. The molecule has 2 fully saturated rings. The topological polar surface area (TPSA) is 23.5 Å². The van der Waals surface area contributed by atoms with E-state index in [0.717, 1.165) is 13.1 Å². The highest BCUT2D eigenvalue weighted by Gasteiger charge is 2.66. The van der Waals surface area contributed by atoms with Gasteiger partial charge in [-0.1, -0.05) is 34.6 Å². The highest BCUT2D eigenvalue weighted by Crippen LogP contribution is 2.66. The number of hydrogen-bond donors (Lipinski definition) is 1. The maximum absolute atomic E-state index is 10.7. The molecule has 2 aliphatic carbocycles. The molecule has 0 aromatic carbocycles. The van der Waals surface area contributed by atoms with Gasteiger partial charge in [-0.3, -0.25) is 4.90 Å². The van der Waals surface area contributed by atoms with E-state index < -0.39 is 0 Å². The number of rotatable bonds is 3. The Morgan fingerprint density at radius 3 is 2.12 bits per heavy atom. The first kappa shape index (κ1) is 12.4. The lowest BCUT2D eigenvalue weighted by molar-refractivity contribution is -0.0284. The van der Waals surface area contributed by atoms with Gasteiger partial charge in [-0.25, -0.2) is 0 Å². The Morgan fingerprint density at radius 2 is 1.75 bits per heavy atom. The highest BCUT2D eigenvalue weighted by molar-refractivity contribution is 5.17. The predicted octanol–water partition coefficient (Wildman–Crippen LogP) is 2.51. The smallest absolute Gasteiger partial charge is 0.0756 e. The summed E-state index contributed by atoms with van der Waals surface area (Å²) in [7, 11) is 0. The van der Waals surface area contributed by atoms with Crippen LogP contribution in [0.15, 0.2) is 0 Å². The standard InChI is InChI=1S/C14H27NO/c1-6-15(7-2)11-10-8-9-14(5,12(11)16)13(10,3)4/h10-12,16H,6-9H2,1-5H3/t10-,11+,12-,14+/m1/s1. The Kier molecular flexibility index (Phi) is 2.87. The molecule has 94 valence electrons. The number of fused-ring (bicyclic) bond motifs is 2. The van der Waals surface area contributed by atoms with Crippen LogP contribution in [0.25, 0.3) is 0 Å². The van der Waals surface area contributed by atoms with Crippen molar-refractivity contribution in [1.82, 2.24) is 4.90 Å². The van der Waals surface area contributed by atoms with Crippen LogP contribution in [0.3, 0.4) is 0 Å². The Bertz CT molecular complexity index is 272. The van der Waals surface area contributed by atoms with Crippen LogP contribution in [-0.2, 0) is 0 Å². The van der Waals surface area contributed by atoms with E-state index in [-0.39, 0.29) is 11.5 Å². The third kappa shape index (κ3) is 1.26. The average molecular weight is 225 g/mol. The molecule has 0 aromatic heterocycles. The zero-order chi connectivity index (χ0) is 12.1. The minimum atomic E-state index is -0.138. The molecule has 0 aromatic rings. The molecule has 2 nitrogen and oxygen atoms in total. The summed E-state index contributed by atoms with van der Waals surface area (Å²) in [6.07, 6.45) is 2.35. The van der Waals surface area contributed by atoms with Crippen LogP contribution in [0.4, 0.5) is 0 Å². The van der Waals surface area contributed by atoms with Gasteiger partial charge < -0.3 is 5.11 Å². The molecular formula is C14H27NO. The fourth-order valence-corrected chi connectivity index (χ4v) is 4.38. The van der Waals surface area contributed by atoms with Crippen LogP contribution in [0.2, 0.25) is 0 Å². The van der Waals surface area contributed by atoms with Crippen molar-refractivity contribution >= 4 is 0 Å². The van der Waals surface area contributed by atoms with E-state index in [1.165, 1.54) is 12.8 Å². The van der Waals surface area contributed by atoms with Crippen LogP contribution >= 0.6 is 0 Å². The lowest BCUT2D eigenvalue weighted by Gasteiger charge is -2.39. The second-order valence-corrected chi connectivity index (χ2v) is 6.44. The third-order valence-corrected chi connectivity index (χ3v) is 6.00. The quantitative estimate of drug-likeness (QED) is 0.798. The summed E-state index contributed by atoms with van der Waals surface area (Å²) in [5.41, 5.74) is 0.421. The maximum atomic E-state index is 10.7. The maximum Gasteiger partial charge on any atom is 0.0756 e. The molecule has 0 aliphatic heterocycles. The van der Waals surface area contributed by atoms with Crippen LogP contribution in [0.1, 0.15) is 47.5 Å². The fourth-order valence-electron chi connectivity index (χ4n) is 4.38. The van der Waals surface area contributed by atoms with E-state index in [1.807, 2.05) is 0 Å². The SMILES string of the molecule is CCN(CC)[C@H]1[C@H]2CC[C@@](C)([C@@H]1O)C2(C)C. The fraction of sp³-hybridized carbons (Fsp3) is 1.00. The Morgan fingerprint density at radius 1 is 1.19 bits per heavy atom. The molecule has 0 unspecified atom stereocenters. The minimum absolute atomic E-state index is 0.130. The van der Waals surface area contributed by atoms with Crippen LogP contribution in [0, 0.1) is 16.7 Å². The van der Waals surface area contributed by atoms with Gasteiger partial charge in [0.15, 0.2) is 0 Å². The Labute approximate surface area is 100 Å². The lowest BCUT2D eigenvalue weighted by Crippen LogP contribution is -2.49. The Hall–Kier alpha value is -0.0800. The molecule has 4 atom stereocenters. The van der Waals surface area contributed by atoms with Crippen molar-refractivity contribution in [3.63, 3.8) is 0 Å². The summed E-state index contributed by atoms with van der Waals surface area (Å²) in [5.74, 6) is 0.674. The molecule has 0 amide bonds. The summed E-state index contributed by atoms with van der Waals surface area (Å²) in [4.78, 5) is 2.46. The number of aliphatic hydroxyl groups excluding tert-OH is 1. The van der Waals surface area contributed by atoms with Crippen LogP contribution in [-0.4, -0.2) is 35.2 Å². The molecular weight excluding hydrogens is 198 g/mol. The van der Waals surface area contributed by atoms with Gasteiger partial charge >= 0.3 is 0 Å². The van der Waals surface area contributed by atoms with Crippen molar-refractivity contribution < 1.29 is 5.11 Å². The van der Waals surface area contributed by atoms with Crippen molar-refractivity contribution in [2.75, 3.05) is 13.1 Å². The van der Waals surface area contributed by atoms with E-state index in [0.29, 0.717) is 17.4 Å². The summed E-state index contributed by atoms with van der Waals surface area (Å²) < 4.78 is 0. The molecule has 2 saturated carbocycles. The average Bonchev–Trinajstić information content (AvgIpc) is 2.54. The molecule has 2 bridgehead atoms. The van der Waals surface area contributed by atoms with Gasteiger partial charge in [0.25, 0.3) is 0 Å². The summed E-state index contributed by atoms with van der Waals surface area (Å²) in [5, 5.41) is 10.7. The Balaban J connectivity index is 2.32. The predicted molar refractivity (Wildman–Crippen MR) is 67.3 cm³/mol. The number of aliphatic hydroxyl groups is 1. The zero-order valence-corrected chi connectivity index (χ0v) is 11.5. The van der Waals surface area contributed by atoms with Crippen molar-refractivity contribution in [3.05, 3.63) is 0 Å². The van der Waals surface area contributed by atoms with Crippen molar-refractivity contribution in [2.45, 2.75) is 59.6 Å². The van der Waals surface area contributed by atoms with Gasteiger partial charge in [0.05, 0.1) is 6.10 Å². The molecule has 2 heteroatoms. The summed E-state index contributed by atoms with van der Waals surface area (Å²) in [6.45, 7) is 13.5. The van der Waals surface area contributed by atoms with Gasteiger partial charge in [-0.15, -0.1) is 0 Å². The van der Waals surface area contributed by atoms with E-state index in [4.69, 9.17) is 0 Å². The molecule has 2 rings (SSSR count). The van der Waals surface area contributed by atoms with Crippen LogP contribution < -0.4 is 0 Å². The van der Waals surface area contributed by atoms with Gasteiger partial charge in [-0.2, -0.15) is 0 Å². The van der Waals surface area contributed by atoms with Crippen LogP contribution in [0.5, 0.6) is 0 Å². The number of likely N-dealkylation sites (N-methyl/N-ethyl adjacent to an activating group) is 1. The summed E-state index contributed by atoms with van der Waals surface area (Å²) >= 11 is 0. The zero-order valence-electron chi connectivity index (χ0n) is 11.5. The van der Waals surface area contributed by atoms with Crippen molar-refractivity contribution in [3.8, 4) is 0 Å². The third-order valence-electron chi connectivity index (χ3n) is 6.00. The van der Waals surface area contributed by atoms with E-state index in [9.17, 15) is 5.11 Å². The van der Waals surface area contributed by atoms with Gasteiger partial charge in [-0.05, 0) is 37.3 Å². The second kappa shape index (κ2) is 3.71. The number of hydrogen-bond acceptors (Lipinski definition) is 2.